The van der Waals surface area contributed by atoms with Gasteiger partial charge in [-0.15, -0.1) is 0 Å². The number of nitrogens with one attached hydrogen (secondary N) is 1. The number of sulfonamides is 1. The molecule has 1 heterocycles. The first-order valence-electron chi connectivity index (χ1n) is 10.3. The van der Waals surface area contributed by atoms with Crippen LogP contribution in [0.1, 0.15) is 12.5 Å². The van der Waals surface area contributed by atoms with Gasteiger partial charge in [-0.2, -0.15) is 4.72 Å². The molecule has 4 rings (SSSR count). The Morgan fingerprint density at radius 1 is 1.03 bits per heavy atom. The Balaban J connectivity index is 1.52. The van der Waals surface area contributed by atoms with E-state index in [9.17, 15) is 18.0 Å². The van der Waals surface area contributed by atoms with Gasteiger partial charge in [0.15, 0.2) is 5.43 Å². The lowest BCUT2D eigenvalue weighted by molar-refractivity contribution is -0.135. The largest absolute Gasteiger partial charge is 0.463 e. The first-order chi connectivity index (χ1) is 16.1. The molecule has 0 saturated heterocycles. The summed E-state index contributed by atoms with van der Waals surface area (Å²) in [6, 6.07) is 16.2. The van der Waals surface area contributed by atoms with Gasteiger partial charge in [0, 0.05) is 11.1 Å². The van der Waals surface area contributed by atoms with Crippen molar-refractivity contribution in [2.75, 3.05) is 0 Å². The number of carbonyl (C=O) groups excluding carboxylic acids is 1. The predicted molar refractivity (Wildman–Crippen MR) is 130 cm³/mol. The van der Waals surface area contributed by atoms with Crippen molar-refractivity contribution in [3.05, 3.63) is 93.8 Å². The zero-order valence-electron chi connectivity index (χ0n) is 18.2. The second kappa shape index (κ2) is 9.42. The second-order valence-corrected chi connectivity index (χ2v) is 9.87. The van der Waals surface area contributed by atoms with Crippen LogP contribution in [0.5, 0.6) is 5.75 Å². The van der Waals surface area contributed by atoms with Crippen molar-refractivity contribution in [3.8, 4) is 16.9 Å². The maximum atomic E-state index is 12.9. The summed E-state index contributed by atoms with van der Waals surface area (Å²) in [6.45, 7) is 3.22. The molecular formula is C25H20ClNO6S. The number of rotatable bonds is 6. The van der Waals surface area contributed by atoms with E-state index in [0.29, 0.717) is 21.5 Å². The Kier molecular flexibility index (Phi) is 6.56. The molecule has 0 saturated carbocycles. The highest BCUT2D eigenvalue weighted by Gasteiger charge is 2.24. The maximum absolute atomic E-state index is 12.9. The van der Waals surface area contributed by atoms with E-state index in [-0.39, 0.29) is 21.7 Å². The third-order valence-electron chi connectivity index (χ3n) is 5.14. The van der Waals surface area contributed by atoms with Crippen LogP contribution in [-0.2, 0) is 14.8 Å². The van der Waals surface area contributed by atoms with Gasteiger partial charge in [0.2, 0.25) is 10.0 Å². The minimum Gasteiger partial charge on any atom is -0.463 e. The number of ether oxygens (including phenoxy) is 1. The second-order valence-electron chi connectivity index (χ2n) is 7.72. The molecule has 4 aromatic rings. The Morgan fingerprint density at radius 3 is 2.38 bits per heavy atom. The molecule has 0 spiro atoms. The standard InChI is InChI=1S/C25H20ClNO6S/c1-15-3-10-20(11-4-15)34(30,31)27-16(2)25(29)33-19-9-12-21-23(13-19)32-14-22(24(21)28)17-5-7-18(26)8-6-17/h3-14,16,27H,1-2H3/t16-/m0/s1. The normalized spacial score (nSPS) is 12.4. The number of fused-ring (bicyclic) bond motifs is 1. The van der Waals surface area contributed by atoms with Gasteiger partial charge < -0.3 is 9.15 Å². The third-order valence-corrected chi connectivity index (χ3v) is 6.95. The van der Waals surface area contributed by atoms with Crippen LogP contribution in [0.4, 0.5) is 0 Å². The molecule has 1 aromatic heterocycles. The molecule has 0 aliphatic rings. The van der Waals surface area contributed by atoms with Crippen LogP contribution in [-0.4, -0.2) is 20.4 Å². The number of carbonyl (C=O) groups is 1. The molecule has 0 unspecified atom stereocenters. The summed E-state index contributed by atoms with van der Waals surface area (Å²) < 4.78 is 38.2. The summed E-state index contributed by atoms with van der Waals surface area (Å²) in [4.78, 5) is 25.4. The molecule has 3 aromatic carbocycles. The first-order valence-corrected chi connectivity index (χ1v) is 12.1. The van der Waals surface area contributed by atoms with E-state index in [2.05, 4.69) is 4.72 Å². The SMILES string of the molecule is Cc1ccc(S(=O)(=O)N[C@@H](C)C(=O)Oc2ccc3c(=O)c(-c4ccc(Cl)cc4)coc3c2)cc1. The summed E-state index contributed by atoms with van der Waals surface area (Å²) in [5.41, 5.74) is 1.91. The summed E-state index contributed by atoms with van der Waals surface area (Å²) in [5, 5.41) is 0.858. The minimum absolute atomic E-state index is 0.0433. The molecule has 34 heavy (non-hydrogen) atoms. The molecule has 1 N–H and O–H groups in total. The van der Waals surface area contributed by atoms with Crippen LogP contribution >= 0.6 is 11.6 Å². The lowest BCUT2D eigenvalue weighted by Gasteiger charge is -2.14. The lowest BCUT2D eigenvalue weighted by atomic mass is 10.1. The van der Waals surface area contributed by atoms with Crippen molar-refractivity contribution in [1.82, 2.24) is 4.72 Å². The van der Waals surface area contributed by atoms with Crippen LogP contribution in [0.25, 0.3) is 22.1 Å². The van der Waals surface area contributed by atoms with Gasteiger partial charge in [0.05, 0.1) is 15.8 Å². The Morgan fingerprint density at radius 2 is 1.71 bits per heavy atom. The average molecular weight is 498 g/mol. The molecule has 174 valence electrons. The fourth-order valence-electron chi connectivity index (χ4n) is 3.27. The monoisotopic (exact) mass is 497 g/mol. The van der Waals surface area contributed by atoms with E-state index in [4.69, 9.17) is 20.8 Å². The molecule has 0 radical (unpaired) electrons. The molecular weight excluding hydrogens is 478 g/mol. The number of hydrogen-bond acceptors (Lipinski definition) is 6. The summed E-state index contributed by atoms with van der Waals surface area (Å²) in [6.07, 6.45) is 1.33. The lowest BCUT2D eigenvalue weighted by Crippen LogP contribution is -2.40. The fraction of sp³-hybridized carbons (Fsp3) is 0.120. The van der Waals surface area contributed by atoms with E-state index in [0.717, 1.165) is 5.56 Å². The molecule has 0 amide bonds. The molecule has 0 aliphatic carbocycles. The highest BCUT2D eigenvalue weighted by molar-refractivity contribution is 7.89. The number of benzene rings is 3. The summed E-state index contributed by atoms with van der Waals surface area (Å²) in [5.74, 6) is -0.698. The van der Waals surface area contributed by atoms with Crippen molar-refractivity contribution in [2.45, 2.75) is 24.8 Å². The van der Waals surface area contributed by atoms with Crippen molar-refractivity contribution >= 4 is 38.6 Å². The number of hydrogen-bond donors (Lipinski definition) is 1. The summed E-state index contributed by atoms with van der Waals surface area (Å²) >= 11 is 5.91. The van der Waals surface area contributed by atoms with Gasteiger partial charge in [0.25, 0.3) is 0 Å². The molecule has 0 fully saturated rings. The Hall–Kier alpha value is -3.46. The molecule has 1 atom stereocenters. The van der Waals surface area contributed by atoms with Crippen molar-refractivity contribution in [3.63, 3.8) is 0 Å². The highest BCUT2D eigenvalue weighted by Crippen LogP contribution is 2.24. The van der Waals surface area contributed by atoms with E-state index in [1.54, 1.807) is 36.4 Å². The molecule has 0 bridgehead atoms. The van der Waals surface area contributed by atoms with Crippen LogP contribution in [0.15, 0.2) is 87.1 Å². The Labute approximate surface area is 201 Å². The quantitative estimate of drug-likeness (QED) is 0.306. The van der Waals surface area contributed by atoms with E-state index >= 15 is 0 Å². The topological polar surface area (TPSA) is 103 Å². The van der Waals surface area contributed by atoms with Gasteiger partial charge in [-0.05, 0) is 55.8 Å². The van der Waals surface area contributed by atoms with E-state index < -0.39 is 22.0 Å². The van der Waals surface area contributed by atoms with Crippen LogP contribution in [0.2, 0.25) is 5.02 Å². The zero-order chi connectivity index (χ0) is 24.5. The molecule has 0 aliphatic heterocycles. The van der Waals surface area contributed by atoms with Gasteiger partial charge in [-0.1, -0.05) is 41.4 Å². The van der Waals surface area contributed by atoms with E-state index in [1.165, 1.54) is 43.5 Å². The van der Waals surface area contributed by atoms with Crippen LogP contribution in [0.3, 0.4) is 0 Å². The van der Waals surface area contributed by atoms with Gasteiger partial charge in [-0.25, -0.2) is 13.2 Å². The van der Waals surface area contributed by atoms with Crippen LogP contribution < -0.4 is 14.9 Å². The first kappa shape index (κ1) is 23.7. The number of aryl methyl sites for hydroxylation is 1. The molecule has 9 heteroatoms. The fourth-order valence-corrected chi connectivity index (χ4v) is 4.59. The minimum atomic E-state index is -3.91. The van der Waals surface area contributed by atoms with Crippen molar-refractivity contribution < 1.29 is 22.4 Å². The third kappa shape index (κ3) is 5.04. The smallest absolute Gasteiger partial charge is 0.329 e. The van der Waals surface area contributed by atoms with Gasteiger partial charge in [-0.3, -0.25) is 4.79 Å². The van der Waals surface area contributed by atoms with Crippen LogP contribution in [0, 0.1) is 6.92 Å². The van der Waals surface area contributed by atoms with E-state index in [1.807, 2.05) is 6.92 Å². The predicted octanol–water partition coefficient (Wildman–Crippen LogP) is 4.69. The zero-order valence-corrected chi connectivity index (χ0v) is 19.8. The van der Waals surface area contributed by atoms with Gasteiger partial charge >= 0.3 is 5.97 Å². The molecule has 7 nitrogen and oxygen atoms in total. The maximum Gasteiger partial charge on any atom is 0.329 e. The highest BCUT2D eigenvalue weighted by atomic mass is 35.5. The Bertz CT molecular complexity index is 1530. The average Bonchev–Trinajstić information content (AvgIpc) is 2.80. The summed E-state index contributed by atoms with van der Waals surface area (Å²) in [7, 11) is -3.91. The van der Waals surface area contributed by atoms with Crippen molar-refractivity contribution in [2.24, 2.45) is 0 Å². The number of esters is 1. The van der Waals surface area contributed by atoms with Gasteiger partial charge in [0.1, 0.15) is 23.6 Å². The van der Waals surface area contributed by atoms with Crippen molar-refractivity contribution in [1.29, 1.82) is 0 Å². The number of halogens is 1.